The zero-order valence-corrected chi connectivity index (χ0v) is 13.0. The Morgan fingerprint density at radius 1 is 0.850 bits per heavy atom. The second-order valence-electron chi connectivity index (χ2n) is 4.89. The molecule has 2 aromatic heterocycles. The topological polar surface area (TPSA) is 37.8 Å². The Balaban J connectivity index is 0.000000166. The summed E-state index contributed by atoms with van der Waals surface area (Å²) in [7, 11) is 1.87. The van der Waals surface area contributed by atoms with Gasteiger partial charge < -0.3 is 5.32 Å². The van der Waals surface area contributed by atoms with E-state index in [1.807, 2.05) is 45.3 Å². The van der Waals surface area contributed by atoms with Gasteiger partial charge in [-0.1, -0.05) is 31.4 Å². The molecule has 1 saturated carbocycles. The van der Waals surface area contributed by atoms with Crippen LogP contribution < -0.4 is 5.32 Å². The van der Waals surface area contributed by atoms with Gasteiger partial charge in [0.2, 0.25) is 0 Å². The van der Waals surface area contributed by atoms with Crippen LogP contribution in [-0.2, 0) is 0 Å². The first-order chi connectivity index (χ1) is 9.65. The minimum Gasteiger partial charge on any atom is -0.373 e. The van der Waals surface area contributed by atoms with Crippen molar-refractivity contribution in [3.8, 4) is 0 Å². The number of pyridine rings is 2. The molecule has 1 fully saturated rings. The van der Waals surface area contributed by atoms with E-state index in [0.717, 1.165) is 11.5 Å². The summed E-state index contributed by atoms with van der Waals surface area (Å²) in [5.74, 6) is 0.956. The fraction of sp³-hybridized carbons (Fsp3) is 0.412. The van der Waals surface area contributed by atoms with Crippen molar-refractivity contribution in [3.63, 3.8) is 0 Å². The summed E-state index contributed by atoms with van der Waals surface area (Å²) in [5, 5.41) is 2.98. The predicted molar refractivity (Wildman–Crippen MR) is 86.1 cm³/mol. The average Bonchev–Trinajstić information content (AvgIpc) is 3.32. The minimum atomic E-state index is 0.956. The summed E-state index contributed by atoms with van der Waals surface area (Å²) in [5.41, 5.74) is 3.56. The van der Waals surface area contributed by atoms with Gasteiger partial charge in [0.05, 0.1) is 0 Å². The highest BCUT2D eigenvalue weighted by molar-refractivity contribution is 5.41. The quantitative estimate of drug-likeness (QED) is 0.840. The summed E-state index contributed by atoms with van der Waals surface area (Å²) >= 11 is 0. The van der Waals surface area contributed by atoms with Gasteiger partial charge in [-0.15, -0.1) is 0 Å². The number of rotatable bonds is 1. The Bertz CT molecular complexity index is 483. The average molecular weight is 271 g/mol. The van der Waals surface area contributed by atoms with Gasteiger partial charge >= 0.3 is 0 Å². The molecule has 0 aliphatic heterocycles. The second-order valence-corrected chi connectivity index (χ2v) is 4.89. The maximum absolute atomic E-state index is 4.09. The Hall–Kier alpha value is -1.90. The van der Waals surface area contributed by atoms with E-state index in [4.69, 9.17) is 0 Å². The van der Waals surface area contributed by atoms with Gasteiger partial charge in [-0.2, -0.15) is 0 Å². The van der Waals surface area contributed by atoms with Crippen LogP contribution in [0, 0.1) is 20.8 Å². The van der Waals surface area contributed by atoms with E-state index in [0.29, 0.717) is 0 Å². The van der Waals surface area contributed by atoms with E-state index in [2.05, 4.69) is 28.3 Å². The van der Waals surface area contributed by atoms with Crippen LogP contribution >= 0.6 is 0 Å². The summed E-state index contributed by atoms with van der Waals surface area (Å²) < 4.78 is 0. The normalized spacial score (nSPS) is 11.4. The number of hydrogen-bond donors (Lipinski definition) is 1. The Morgan fingerprint density at radius 2 is 1.40 bits per heavy atom. The van der Waals surface area contributed by atoms with Crippen molar-refractivity contribution >= 4 is 5.82 Å². The van der Waals surface area contributed by atoms with Crippen LogP contribution in [0.25, 0.3) is 0 Å². The maximum Gasteiger partial charge on any atom is 0.128 e. The highest BCUT2D eigenvalue weighted by atomic mass is 14.9. The molecule has 3 rings (SSSR count). The van der Waals surface area contributed by atoms with Crippen molar-refractivity contribution in [1.82, 2.24) is 9.97 Å². The molecule has 0 aromatic carbocycles. The van der Waals surface area contributed by atoms with Gasteiger partial charge in [-0.3, -0.25) is 4.98 Å². The lowest BCUT2D eigenvalue weighted by Crippen LogP contribution is -1.93. The zero-order valence-electron chi connectivity index (χ0n) is 13.0. The fourth-order valence-corrected chi connectivity index (χ4v) is 1.31. The van der Waals surface area contributed by atoms with Crippen molar-refractivity contribution in [2.45, 2.75) is 40.0 Å². The largest absolute Gasteiger partial charge is 0.373 e. The molecule has 3 heteroatoms. The highest BCUT2D eigenvalue weighted by Crippen LogP contribution is 2.14. The first-order valence-corrected chi connectivity index (χ1v) is 7.12. The van der Waals surface area contributed by atoms with Crippen LogP contribution in [0.5, 0.6) is 0 Å². The smallest absolute Gasteiger partial charge is 0.128 e. The Labute approximate surface area is 122 Å². The molecular weight excluding hydrogens is 246 g/mol. The van der Waals surface area contributed by atoms with Gasteiger partial charge in [-0.25, -0.2) is 4.98 Å². The molecule has 3 nitrogen and oxygen atoms in total. The van der Waals surface area contributed by atoms with Crippen LogP contribution in [0.4, 0.5) is 5.82 Å². The number of hydrogen-bond acceptors (Lipinski definition) is 3. The first-order valence-electron chi connectivity index (χ1n) is 7.12. The maximum atomic E-state index is 4.09. The zero-order chi connectivity index (χ0) is 14.8. The number of nitrogens with one attached hydrogen (secondary N) is 1. The lowest BCUT2D eigenvalue weighted by atomic mass is 10.2. The lowest BCUT2D eigenvalue weighted by molar-refractivity contribution is 1.15. The van der Waals surface area contributed by atoms with E-state index in [9.17, 15) is 0 Å². The molecule has 0 atom stereocenters. The van der Waals surface area contributed by atoms with E-state index < -0.39 is 0 Å². The van der Waals surface area contributed by atoms with Crippen molar-refractivity contribution in [2.24, 2.45) is 0 Å². The van der Waals surface area contributed by atoms with Crippen molar-refractivity contribution < 1.29 is 0 Å². The first kappa shape index (κ1) is 16.2. The van der Waals surface area contributed by atoms with Crippen LogP contribution in [0.3, 0.4) is 0 Å². The Kier molecular flexibility index (Phi) is 7.33. The molecule has 0 saturated heterocycles. The molecule has 2 heterocycles. The molecule has 2 aromatic rings. The molecule has 108 valence electrons. The molecule has 0 radical (unpaired) electrons. The SMILES string of the molecule is C1CC1.CNc1ncccc1C.Cc1cccnc1C. The molecule has 20 heavy (non-hydrogen) atoms. The van der Waals surface area contributed by atoms with Gasteiger partial charge in [0, 0.05) is 25.1 Å². The fourth-order valence-electron chi connectivity index (χ4n) is 1.31. The number of aromatic nitrogens is 2. The summed E-state index contributed by atoms with van der Waals surface area (Å²) in [6.07, 6.45) is 8.08. The van der Waals surface area contributed by atoms with Crippen LogP contribution in [-0.4, -0.2) is 17.0 Å². The van der Waals surface area contributed by atoms with Crippen LogP contribution in [0.2, 0.25) is 0 Å². The predicted octanol–water partition coefficient (Wildman–Crippen LogP) is 4.30. The van der Waals surface area contributed by atoms with Crippen molar-refractivity contribution in [3.05, 3.63) is 53.5 Å². The van der Waals surface area contributed by atoms with Gasteiger partial charge in [0.15, 0.2) is 0 Å². The molecule has 0 spiro atoms. The van der Waals surface area contributed by atoms with E-state index in [1.54, 1.807) is 6.20 Å². The molecule has 0 unspecified atom stereocenters. The monoisotopic (exact) mass is 271 g/mol. The highest BCUT2D eigenvalue weighted by Gasteiger charge is 1.95. The minimum absolute atomic E-state index is 0.956. The lowest BCUT2D eigenvalue weighted by Gasteiger charge is -1.99. The molecule has 0 bridgehead atoms. The standard InChI is InChI=1S/C7H10N2.C7H9N.C3H6/c1-6-4-3-5-9-7(6)8-2;1-6-4-3-5-8-7(6)2;1-2-3-1/h3-5H,1-2H3,(H,8,9);3-5H,1-2H3;1-3H2. The number of anilines is 1. The second kappa shape index (κ2) is 9.08. The van der Waals surface area contributed by atoms with Gasteiger partial charge in [0.1, 0.15) is 5.82 Å². The number of aryl methyl sites for hydroxylation is 3. The van der Waals surface area contributed by atoms with E-state index in [1.165, 1.54) is 30.4 Å². The van der Waals surface area contributed by atoms with E-state index >= 15 is 0 Å². The summed E-state index contributed by atoms with van der Waals surface area (Å²) in [6, 6.07) is 7.96. The van der Waals surface area contributed by atoms with Crippen LogP contribution in [0.15, 0.2) is 36.7 Å². The summed E-state index contributed by atoms with van der Waals surface area (Å²) in [6.45, 7) is 6.09. The summed E-state index contributed by atoms with van der Waals surface area (Å²) in [4.78, 5) is 8.16. The van der Waals surface area contributed by atoms with Crippen molar-refractivity contribution in [1.29, 1.82) is 0 Å². The Morgan fingerprint density at radius 3 is 1.70 bits per heavy atom. The third kappa shape index (κ3) is 6.88. The van der Waals surface area contributed by atoms with Crippen molar-refractivity contribution in [2.75, 3.05) is 12.4 Å². The molecule has 1 aliphatic rings. The van der Waals surface area contributed by atoms with Crippen LogP contribution in [0.1, 0.15) is 36.1 Å². The molecule has 1 aliphatic carbocycles. The third-order valence-electron chi connectivity index (χ3n) is 2.87. The molecule has 1 N–H and O–H groups in total. The third-order valence-corrected chi connectivity index (χ3v) is 2.87. The molecule has 0 amide bonds. The van der Waals surface area contributed by atoms with Gasteiger partial charge in [0.25, 0.3) is 0 Å². The van der Waals surface area contributed by atoms with Gasteiger partial charge in [-0.05, 0) is 44.0 Å². The van der Waals surface area contributed by atoms with E-state index in [-0.39, 0.29) is 0 Å². The number of nitrogens with zero attached hydrogens (tertiary/aromatic N) is 2. The molecular formula is C17H25N3.